The molecule has 2 aliphatic heterocycles. The Balaban J connectivity index is 1.79. The predicted molar refractivity (Wildman–Crippen MR) is 75.6 cm³/mol. The van der Waals surface area contributed by atoms with Crippen LogP contribution in [0.4, 0.5) is 4.79 Å². The van der Waals surface area contributed by atoms with Crippen molar-refractivity contribution in [1.82, 2.24) is 15.1 Å². The fourth-order valence-corrected chi connectivity index (χ4v) is 3.14. The second-order valence-electron chi connectivity index (χ2n) is 5.90. The van der Waals surface area contributed by atoms with Crippen molar-refractivity contribution in [3.8, 4) is 0 Å². The van der Waals surface area contributed by atoms with Crippen LogP contribution < -0.4 is 5.32 Å². The van der Waals surface area contributed by atoms with Gasteiger partial charge in [0, 0.05) is 19.1 Å². The molecule has 2 heterocycles. The minimum Gasteiger partial charge on any atom is -0.480 e. The molecule has 2 atom stereocenters. The van der Waals surface area contributed by atoms with E-state index in [4.69, 9.17) is 5.11 Å². The summed E-state index contributed by atoms with van der Waals surface area (Å²) in [5.41, 5.74) is 0. The van der Waals surface area contributed by atoms with E-state index in [1.165, 1.54) is 24.2 Å². The number of hydrogen-bond acceptors (Lipinski definition) is 3. The van der Waals surface area contributed by atoms with E-state index in [1.54, 1.807) is 0 Å². The monoisotopic (exact) mass is 283 g/mol. The van der Waals surface area contributed by atoms with E-state index in [2.05, 4.69) is 10.2 Å². The molecule has 2 unspecified atom stereocenters. The summed E-state index contributed by atoms with van der Waals surface area (Å²) in [6, 6.07) is -0.841. The quantitative estimate of drug-likeness (QED) is 0.811. The highest BCUT2D eigenvalue weighted by molar-refractivity contribution is 5.83. The number of amides is 2. The number of carboxylic acid groups (broad SMARTS) is 1. The van der Waals surface area contributed by atoms with Crippen molar-refractivity contribution < 1.29 is 14.7 Å². The zero-order valence-corrected chi connectivity index (χ0v) is 12.2. The van der Waals surface area contributed by atoms with E-state index in [1.807, 2.05) is 6.92 Å². The van der Waals surface area contributed by atoms with Gasteiger partial charge in [0.2, 0.25) is 0 Å². The number of piperidine rings is 1. The van der Waals surface area contributed by atoms with E-state index in [0.29, 0.717) is 13.0 Å². The van der Waals surface area contributed by atoms with E-state index < -0.39 is 12.0 Å². The number of nitrogens with one attached hydrogen (secondary N) is 1. The SMILES string of the molecule is CC(CN1CCCCC1)NC(=O)N1CCCC1C(=O)O. The molecule has 2 amide bonds. The third-order valence-corrected chi connectivity index (χ3v) is 4.15. The van der Waals surface area contributed by atoms with Crippen LogP contribution in [0.5, 0.6) is 0 Å². The van der Waals surface area contributed by atoms with Gasteiger partial charge in [-0.05, 0) is 45.7 Å². The summed E-state index contributed by atoms with van der Waals surface area (Å²) in [7, 11) is 0. The number of urea groups is 1. The van der Waals surface area contributed by atoms with Crippen molar-refractivity contribution in [2.75, 3.05) is 26.2 Å². The van der Waals surface area contributed by atoms with Crippen LogP contribution in [0.15, 0.2) is 0 Å². The van der Waals surface area contributed by atoms with Crippen LogP contribution in [0.2, 0.25) is 0 Å². The Kier molecular flexibility index (Phi) is 5.23. The van der Waals surface area contributed by atoms with Crippen LogP contribution in [-0.4, -0.2) is 65.2 Å². The van der Waals surface area contributed by atoms with Crippen LogP contribution in [0.1, 0.15) is 39.0 Å². The Morgan fingerprint density at radius 3 is 2.55 bits per heavy atom. The molecule has 2 aliphatic rings. The number of likely N-dealkylation sites (tertiary alicyclic amines) is 2. The van der Waals surface area contributed by atoms with Crippen molar-refractivity contribution in [2.24, 2.45) is 0 Å². The Hall–Kier alpha value is -1.30. The normalized spacial score (nSPS) is 25.4. The first kappa shape index (κ1) is 15.1. The molecule has 2 saturated heterocycles. The highest BCUT2D eigenvalue weighted by atomic mass is 16.4. The summed E-state index contributed by atoms with van der Waals surface area (Å²) in [5, 5.41) is 12.0. The van der Waals surface area contributed by atoms with Gasteiger partial charge in [0.15, 0.2) is 0 Å². The molecule has 0 aliphatic carbocycles. The first-order valence-electron chi connectivity index (χ1n) is 7.60. The third kappa shape index (κ3) is 3.85. The summed E-state index contributed by atoms with van der Waals surface area (Å²) in [6.07, 6.45) is 5.08. The lowest BCUT2D eigenvalue weighted by atomic mass is 10.1. The minimum atomic E-state index is -0.902. The largest absolute Gasteiger partial charge is 0.480 e. The van der Waals surface area contributed by atoms with Gasteiger partial charge in [-0.15, -0.1) is 0 Å². The van der Waals surface area contributed by atoms with Gasteiger partial charge in [0.25, 0.3) is 0 Å². The van der Waals surface area contributed by atoms with Gasteiger partial charge in [-0.2, -0.15) is 0 Å². The molecule has 2 rings (SSSR count). The average molecular weight is 283 g/mol. The molecular weight excluding hydrogens is 258 g/mol. The Labute approximate surface area is 120 Å². The number of aliphatic carboxylic acids is 1. The third-order valence-electron chi connectivity index (χ3n) is 4.15. The van der Waals surface area contributed by atoms with Crippen molar-refractivity contribution in [1.29, 1.82) is 0 Å². The Morgan fingerprint density at radius 1 is 1.20 bits per heavy atom. The number of nitrogens with zero attached hydrogens (tertiary/aromatic N) is 2. The van der Waals surface area contributed by atoms with Crippen LogP contribution in [0.3, 0.4) is 0 Å². The summed E-state index contributed by atoms with van der Waals surface area (Å²) < 4.78 is 0. The topological polar surface area (TPSA) is 72.9 Å². The van der Waals surface area contributed by atoms with E-state index in [0.717, 1.165) is 26.1 Å². The van der Waals surface area contributed by atoms with Crippen LogP contribution in [-0.2, 0) is 4.79 Å². The summed E-state index contributed by atoms with van der Waals surface area (Å²) in [5.74, 6) is -0.902. The molecule has 114 valence electrons. The molecule has 0 aromatic rings. The maximum absolute atomic E-state index is 12.1. The molecule has 0 aromatic carbocycles. The molecule has 0 bridgehead atoms. The van der Waals surface area contributed by atoms with E-state index >= 15 is 0 Å². The molecular formula is C14H25N3O3. The minimum absolute atomic E-state index is 0.0515. The lowest BCUT2D eigenvalue weighted by Gasteiger charge is -2.30. The fourth-order valence-electron chi connectivity index (χ4n) is 3.14. The van der Waals surface area contributed by atoms with Crippen molar-refractivity contribution in [3.05, 3.63) is 0 Å². The highest BCUT2D eigenvalue weighted by Crippen LogP contribution is 2.17. The van der Waals surface area contributed by atoms with Crippen LogP contribution >= 0.6 is 0 Å². The van der Waals surface area contributed by atoms with Crippen LogP contribution in [0, 0.1) is 0 Å². The lowest BCUT2D eigenvalue weighted by Crippen LogP contribution is -2.51. The zero-order valence-electron chi connectivity index (χ0n) is 12.2. The molecule has 0 spiro atoms. The first-order chi connectivity index (χ1) is 9.58. The number of rotatable bonds is 4. The Morgan fingerprint density at radius 2 is 1.90 bits per heavy atom. The molecule has 6 nitrogen and oxygen atoms in total. The molecule has 6 heteroatoms. The van der Waals surface area contributed by atoms with Crippen molar-refractivity contribution >= 4 is 12.0 Å². The predicted octanol–water partition coefficient (Wildman–Crippen LogP) is 1.12. The zero-order chi connectivity index (χ0) is 14.5. The number of carbonyl (C=O) groups is 2. The van der Waals surface area contributed by atoms with Gasteiger partial charge in [-0.1, -0.05) is 6.42 Å². The molecule has 2 N–H and O–H groups in total. The van der Waals surface area contributed by atoms with Gasteiger partial charge in [-0.3, -0.25) is 0 Å². The number of carbonyl (C=O) groups excluding carboxylic acids is 1. The molecule has 0 aromatic heterocycles. The van der Waals surface area contributed by atoms with Gasteiger partial charge in [0.05, 0.1) is 0 Å². The van der Waals surface area contributed by atoms with E-state index in [9.17, 15) is 9.59 Å². The molecule has 20 heavy (non-hydrogen) atoms. The van der Waals surface area contributed by atoms with Crippen molar-refractivity contribution in [3.63, 3.8) is 0 Å². The maximum atomic E-state index is 12.1. The second kappa shape index (κ2) is 6.92. The van der Waals surface area contributed by atoms with Crippen molar-refractivity contribution in [2.45, 2.75) is 51.1 Å². The van der Waals surface area contributed by atoms with Gasteiger partial charge in [0.1, 0.15) is 6.04 Å². The lowest BCUT2D eigenvalue weighted by molar-refractivity contribution is -0.141. The summed E-state index contributed by atoms with van der Waals surface area (Å²) >= 11 is 0. The van der Waals surface area contributed by atoms with Crippen LogP contribution in [0.25, 0.3) is 0 Å². The molecule has 0 radical (unpaired) electrons. The fraction of sp³-hybridized carbons (Fsp3) is 0.857. The first-order valence-corrected chi connectivity index (χ1v) is 7.60. The average Bonchev–Trinajstić information content (AvgIpc) is 2.89. The summed E-state index contributed by atoms with van der Waals surface area (Å²) in [4.78, 5) is 27.1. The number of carboxylic acids is 1. The van der Waals surface area contributed by atoms with Gasteiger partial charge < -0.3 is 20.2 Å². The maximum Gasteiger partial charge on any atom is 0.326 e. The standard InChI is InChI=1S/C14H25N3O3/c1-11(10-16-7-3-2-4-8-16)15-14(20)17-9-5-6-12(17)13(18)19/h11-12H,2-10H2,1H3,(H,15,20)(H,18,19). The van der Waals surface area contributed by atoms with Gasteiger partial charge >= 0.3 is 12.0 Å². The summed E-state index contributed by atoms with van der Waals surface area (Å²) in [6.45, 7) is 5.57. The Bertz CT molecular complexity index is 356. The van der Waals surface area contributed by atoms with E-state index in [-0.39, 0.29) is 12.1 Å². The van der Waals surface area contributed by atoms with Gasteiger partial charge in [-0.25, -0.2) is 9.59 Å². The smallest absolute Gasteiger partial charge is 0.326 e. The molecule has 0 saturated carbocycles. The number of hydrogen-bond donors (Lipinski definition) is 2. The highest BCUT2D eigenvalue weighted by Gasteiger charge is 2.34. The second-order valence-corrected chi connectivity index (χ2v) is 5.90. The molecule has 2 fully saturated rings.